The van der Waals surface area contributed by atoms with E-state index in [0.717, 1.165) is 10.1 Å². The minimum absolute atomic E-state index is 0.111. The highest BCUT2D eigenvalue weighted by Crippen LogP contribution is 2.37. The van der Waals surface area contributed by atoms with Crippen LogP contribution in [0.1, 0.15) is 15.2 Å². The Labute approximate surface area is 183 Å². The van der Waals surface area contributed by atoms with Crippen molar-refractivity contribution in [3.63, 3.8) is 0 Å². The molecule has 3 aromatic rings. The fraction of sp³-hybridized carbons (Fsp3) is 0.176. The highest BCUT2D eigenvalue weighted by Gasteiger charge is 2.18. The smallest absolute Gasteiger partial charge is 0.257 e. The molecule has 3 N–H and O–H groups in total. The molecule has 0 aliphatic rings. The van der Waals surface area contributed by atoms with Crippen molar-refractivity contribution in [2.24, 2.45) is 5.73 Å². The molecule has 3 rings (SSSR count). The number of benzene rings is 1. The number of methoxy groups -OCH3 is 1. The van der Waals surface area contributed by atoms with Gasteiger partial charge in [-0.05, 0) is 23.6 Å². The molecule has 2 amide bonds. The number of thiophene rings is 1. The molecule has 0 atom stereocenters. The Bertz CT molecular complexity index is 1010. The van der Waals surface area contributed by atoms with E-state index in [4.69, 9.17) is 26.8 Å². The molecule has 0 fully saturated rings. The Morgan fingerprint density at radius 2 is 2.17 bits per heavy atom. The maximum Gasteiger partial charge on any atom is 0.257 e. The monoisotopic (exact) mass is 470 g/mol. The van der Waals surface area contributed by atoms with E-state index in [1.54, 1.807) is 23.1 Å². The summed E-state index contributed by atoms with van der Waals surface area (Å²) in [5, 5.41) is 13.3. The normalized spacial score (nSPS) is 10.6. The van der Waals surface area contributed by atoms with Crippen LogP contribution >= 0.6 is 46.0 Å². The minimum atomic E-state index is -0.658. The summed E-state index contributed by atoms with van der Waals surface area (Å²) < 4.78 is 11.2. The Balaban J connectivity index is 1.67. The van der Waals surface area contributed by atoms with Gasteiger partial charge in [-0.1, -0.05) is 40.8 Å². The summed E-state index contributed by atoms with van der Waals surface area (Å²) in [6.45, 7) is -0.363. The van der Waals surface area contributed by atoms with Gasteiger partial charge in [-0.15, -0.1) is 21.5 Å². The average Bonchev–Trinajstić information content (AvgIpc) is 3.36. The summed E-state index contributed by atoms with van der Waals surface area (Å²) in [6, 6.07) is 6.90. The van der Waals surface area contributed by atoms with Crippen LogP contribution in [0, 0.1) is 0 Å². The number of hydrogen-bond acceptors (Lipinski definition) is 9. The molecule has 152 valence electrons. The molecule has 1 aromatic carbocycles. The van der Waals surface area contributed by atoms with Crippen LogP contribution in [0.4, 0.5) is 5.13 Å². The summed E-state index contributed by atoms with van der Waals surface area (Å²) >= 11 is 10.7. The first kappa shape index (κ1) is 21.4. The topological polar surface area (TPSA) is 116 Å². The highest BCUT2D eigenvalue weighted by molar-refractivity contribution is 8.00. The molecule has 0 radical (unpaired) electrons. The van der Waals surface area contributed by atoms with E-state index >= 15 is 0 Å². The molecule has 0 saturated carbocycles. The van der Waals surface area contributed by atoms with Gasteiger partial charge >= 0.3 is 0 Å². The maximum atomic E-state index is 12.6. The average molecular weight is 471 g/mol. The molecule has 0 bridgehead atoms. The van der Waals surface area contributed by atoms with E-state index in [2.05, 4.69) is 21.6 Å². The van der Waals surface area contributed by atoms with E-state index in [1.165, 1.54) is 35.5 Å². The molecule has 2 aromatic heterocycles. The van der Waals surface area contributed by atoms with Crippen LogP contribution < -0.4 is 20.5 Å². The third-order valence-corrected chi connectivity index (χ3v) is 6.76. The van der Waals surface area contributed by atoms with E-state index in [-0.39, 0.29) is 28.7 Å². The number of nitrogens with zero attached hydrogens (tertiary/aromatic N) is 2. The third-order valence-electron chi connectivity index (χ3n) is 3.40. The largest absolute Gasteiger partial charge is 0.493 e. The van der Waals surface area contributed by atoms with Crippen LogP contribution in [0.3, 0.4) is 0 Å². The fourth-order valence-electron chi connectivity index (χ4n) is 2.15. The zero-order valence-corrected chi connectivity index (χ0v) is 18.2. The van der Waals surface area contributed by atoms with E-state index in [1.807, 2.05) is 11.4 Å². The lowest BCUT2D eigenvalue weighted by Crippen LogP contribution is -2.20. The number of carbonyl (C=O) groups is 2. The molecule has 2 heterocycles. The molecule has 0 saturated heterocycles. The number of carbonyl (C=O) groups excluding carboxylic acids is 2. The van der Waals surface area contributed by atoms with Crippen molar-refractivity contribution in [2.45, 2.75) is 10.1 Å². The number of primary amides is 1. The predicted octanol–water partition coefficient (Wildman–Crippen LogP) is 3.67. The lowest BCUT2D eigenvalue weighted by atomic mass is 10.2. The van der Waals surface area contributed by atoms with Gasteiger partial charge in [-0.3, -0.25) is 14.9 Å². The number of thioether (sulfide) groups is 1. The summed E-state index contributed by atoms with van der Waals surface area (Å²) in [7, 11) is 1.40. The van der Waals surface area contributed by atoms with Crippen LogP contribution in [0.25, 0.3) is 0 Å². The molecule has 0 unspecified atom stereocenters. The molecule has 29 heavy (non-hydrogen) atoms. The Morgan fingerprint density at radius 1 is 1.34 bits per heavy atom. The van der Waals surface area contributed by atoms with Gasteiger partial charge in [-0.2, -0.15) is 0 Å². The quantitative estimate of drug-likeness (QED) is 0.362. The third kappa shape index (κ3) is 5.82. The molecule has 0 aliphatic heterocycles. The number of anilines is 1. The predicted molar refractivity (Wildman–Crippen MR) is 114 cm³/mol. The number of rotatable bonds is 9. The first-order valence-electron chi connectivity index (χ1n) is 8.05. The number of halogens is 1. The maximum absolute atomic E-state index is 12.6. The van der Waals surface area contributed by atoms with Crippen molar-refractivity contribution in [3.05, 3.63) is 45.1 Å². The molecular weight excluding hydrogens is 456 g/mol. The second kappa shape index (κ2) is 9.92. The van der Waals surface area contributed by atoms with Crippen molar-refractivity contribution < 1.29 is 19.1 Å². The van der Waals surface area contributed by atoms with Gasteiger partial charge in [0.05, 0.1) is 12.1 Å². The van der Waals surface area contributed by atoms with Gasteiger partial charge in [-0.25, -0.2) is 0 Å². The number of amides is 2. The summed E-state index contributed by atoms with van der Waals surface area (Å²) in [5.41, 5.74) is 5.31. The van der Waals surface area contributed by atoms with Gasteiger partial charge < -0.3 is 15.2 Å². The van der Waals surface area contributed by atoms with Crippen LogP contribution in [0.15, 0.2) is 34.0 Å². The summed E-state index contributed by atoms with van der Waals surface area (Å²) in [4.78, 5) is 24.7. The number of nitrogens with one attached hydrogen (secondary N) is 1. The first-order valence-corrected chi connectivity index (χ1v) is 11.1. The van der Waals surface area contributed by atoms with E-state index < -0.39 is 11.8 Å². The minimum Gasteiger partial charge on any atom is -0.493 e. The Kier molecular flexibility index (Phi) is 7.31. The molecule has 0 spiro atoms. The van der Waals surface area contributed by atoms with Gasteiger partial charge in [0.1, 0.15) is 0 Å². The standard InChI is InChI=1S/C17H15ClN4O4S3/c1-25-12-6-9(5-11(18)14(12)26-7-13(19)23)15(24)20-16-21-22-17(29-16)28-8-10-3-2-4-27-10/h2-6H,7-8H2,1H3,(H2,19,23)(H,20,21,24). The molecule has 0 aliphatic carbocycles. The lowest BCUT2D eigenvalue weighted by Gasteiger charge is -2.13. The second-order valence-electron chi connectivity index (χ2n) is 5.44. The molecular formula is C17H15ClN4O4S3. The summed E-state index contributed by atoms with van der Waals surface area (Å²) in [6.07, 6.45) is 0. The van der Waals surface area contributed by atoms with Gasteiger partial charge in [0.2, 0.25) is 5.13 Å². The Hall–Kier alpha value is -2.34. The SMILES string of the molecule is COc1cc(C(=O)Nc2nnc(SCc3cccs3)s2)cc(Cl)c1OCC(N)=O. The van der Waals surface area contributed by atoms with Crippen LogP contribution in [-0.2, 0) is 10.5 Å². The molecule has 8 nitrogen and oxygen atoms in total. The van der Waals surface area contributed by atoms with Crippen molar-refractivity contribution >= 4 is 63.0 Å². The zero-order valence-electron chi connectivity index (χ0n) is 15.0. The first-order chi connectivity index (χ1) is 14.0. The van der Waals surface area contributed by atoms with Crippen LogP contribution in [0.5, 0.6) is 11.5 Å². The zero-order chi connectivity index (χ0) is 20.8. The van der Waals surface area contributed by atoms with Crippen LogP contribution in [-0.4, -0.2) is 35.7 Å². The number of aromatic nitrogens is 2. The van der Waals surface area contributed by atoms with Gasteiger partial charge in [0.25, 0.3) is 11.8 Å². The van der Waals surface area contributed by atoms with Crippen molar-refractivity contribution in [1.82, 2.24) is 10.2 Å². The fourth-order valence-corrected chi connectivity index (χ4v) is 4.94. The van der Waals surface area contributed by atoms with Gasteiger partial charge in [0, 0.05) is 16.2 Å². The highest BCUT2D eigenvalue weighted by atomic mass is 35.5. The van der Waals surface area contributed by atoms with Crippen LogP contribution in [0.2, 0.25) is 5.02 Å². The van der Waals surface area contributed by atoms with Crippen molar-refractivity contribution in [2.75, 3.05) is 19.0 Å². The van der Waals surface area contributed by atoms with Crippen molar-refractivity contribution in [3.8, 4) is 11.5 Å². The molecule has 12 heteroatoms. The Morgan fingerprint density at radius 3 is 2.86 bits per heavy atom. The van der Waals surface area contributed by atoms with E-state index in [0.29, 0.717) is 5.13 Å². The summed E-state index contributed by atoms with van der Waals surface area (Å²) in [5.74, 6) is 0.0347. The van der Waals surface area contributed by atoms with E-state index in [9.17, 15) is 9.59 Å². The second-order valence-corrected chi connectivity index (χ2v) is 9.08. The number of ether oxygens (including phenoxy) is 2. The number of hydrogen-bond donors (Lipinski definition) is 2. The number of nitrogens with two attached hydrogens (primary N) is 1. The van der Waals surface area contributed by atoms with Crippen molar-refractivity contribution in [1.29, 1.82) is 0 Å². The lowest BCUT2D eigenvalue weighted by molar-refractivity contribution is -0.119. The van der Waals surface area contributed by atoms with Gasteiger partial charge in [0.15, 0.2) is 22.4 Å².